The number of thiazole rings is 1. The quantitative estimate of drug-likeness (QED) is 0.497. The van der Waals surface area contributed by atoms with E-state index in [2.05, 4.69) is 20.2 Å². The van der Waals surface area contributed by atoms with Crippen molar-refractivity contribution in [2.45, 2.75) is 6.36 Å². The molecular weight excluding hydrogens is 365 g/mol. The maximum absolute atomic E-state index is 12.2. The van der Waals surface area contributed by atoms with Crippen LogP contribution in [-0.4, -0.2) is 17.6 Å². The highest BCUT2D eigenvalue weighted by Crippen LogP contribution is 2.26. The van der Waals surface area contributed by atoms with Crippen molar-refractivity contribution in [3.8, 4) is 16.9 Å². The average molecular weight is 378 g/mol. The molecule has 5 nitrogen and oxygen atoms in total. The molecule has 0 aliphatic rings. The predicted octanol–water partition coefficient (Wildman–Crippen LogP) is 4.74. The molecule has 0 unspecified atom stereocenters. The van der Waals surface area contributed by atoms with Crippen LogP contribution in [-0.2, 0) is 0 Å². The third-order valence-electron chi connectivity index (χ3n) is 3.23. The van der Waals surface area contributed by atoms with Crippen LogP contribution in [0.4, 0.5) is 24.1 Å². The van der Waals surface area contributed by atoms with Gasteiger partial charge in [-0.25, -0.2) is 4.98 Å². The van der Waals surface area contributed by atoms with E-state index in [1.165, 1.54) is 23.5 Å². The molecule has 0 bridgehead atoms. The molecule has 134 valence electrons. The summed E-state index contributed by atoms with van der Waals surface area (Å²) in [7, 11) is 0. The van der Waals surface area contributed by atoms with Crippen LogP contribution in [0.2, 0.25) is 0 Å². The van der Waals surface area contributed by atoms with Gasteiger partial charge in [0.1, 0.15) is 11.6 Å². The first-order chi connectivity index (χ1) is 12.4. The lowest BCUT2D eigenvalue weighted by atomic mass is 10.0. The normalized spacial score (nSPS) is 11.7. The SMILES string of the molecule is Nc1csc(NN=Cc2ccc(-c3ccc(OC(F)(F)F)cc3)cc2)n1. The van der Waals surface area contributed by atoms with Gasteiger partial charge in [-0.15, -0.1) is 24.5 Å². The van der Waals surface area contributed by atoms with Gasteiger partial charge in [0.2, 0.25) is 5.13 Å². The smallest absolute Gasteiger partial charge is 0.406 e. The molecule has 0 amide bonds. The van der Waals surface area contributed by atoms with Gasteiger partial charge in [0.25, 0.3) is 0 Å². The Morgan fingerprint density at radius 3 is 2.19 bits per heavy atom. The Morgan fingerprint density at radius 2 is 1.65 bits per heavy atom. The highest BCUT2D eigenvalue weighted by molar-refractivity contribution is 7.14. The van der Waals surface area contributed by atoms with Crippen molar-refractivity contribution in [3.63, 3.8) is 0 Å². The second-order valence-corrected chi connectivity index (χ2v) is 6.00. The molecule has 0 radical (unpaired) electrons. The van der Waals surface area contributed by atoms with Gasteiger partial charge in [0, 0.05) is 5.38 Å². The molecule has 0 saturated heterocycles. The zero-order chi connectivity index (χ0) is 18.6. The number of nitrogens with two attached hydrogens (primary N) is 1. The predicted molar refractivity (Wildman–Crippen MR) is 96.3 cm³/mol. The summed E-state index contributed by atoms with van der Waals surface area (Å²) in [6, 6.07) is 13.1. The number of nitrogens with one attached hydrogen (secondary N) is 1. The number of hydrogen-bond acceptors (Lipinski definition) is 6. The van der Waals surface area contributed by atoms with E-state index in [0.717, 1.165) is 16.7 Å². The van der Waals surface area contributed by atoms with E-state index in [0.29, 0.717) is 10.9 Å². The van der Waals surface area contributed by atoms with E-state index in [1.54, 1.807) is 23.7 Å². The molecular formula is C17H13F3N4OS. The Balaban J connectivity index is 1.63. The fourth-order valence-corrected chi connectivity index (χ4v) is 2.66. The van der Waals surface area contributed by atoms with Crippen LogP contribution in [0.25, 0.3) is 11.1 Å². The van der Waals surface area contributed by atoms with Crippen LogP contribution in [0.15, 0.2) is 59.0 Å². The molecule has 3 N–H and O–H groups in total. The maximum atomic E-state index is 12.2. The summed E-state index contributed by atoms with van der Waals surface area (Å²) < 4.78 is 40.4. The Morgan fingerprint density at radius 1 is 1.04 bits per heavy atom. The number of nitrogens with zero attached hydrogens (tertiary/aromatic N) is 2. The number of benzene rings is 2. The van der Waals surface area contributed by atoms with Crippen molar-refractivity contribution in [3.05, 3.63) is 59.5 Å². The van der Waals surface area contributed by atoms with E-state index in [9.17, 15) is 13.2 Å². The molecule has 3 rings (SSSR count). The van der Waals surface area contributed by atoms with Gasteiger partial charge in [0.05, 0.1) is 6.21 Å². The molecule has 1 heterocycles. The Bertz CT molecular complexity index is 890. The molecule has 1 aromatic heterocycles. The summed E-state index contributed by atoms with van der Waals surface area (Å²) in [6.07, 6.45) is -3.07. The maximum Gasteiger partial charge on any atom is 0.573 e. The van der Waals surface area contributed by atoms with Crippen LogP contribution in [0.5, 0.6) is 5.75 Å². The number of hydrazone groups is 1. The summed E-state index contributed by atoms with van der Waals surface area (Å²) in [5, 5.41) is 6.37. The first-order valence-electron chi connectivity index (χ1n) is 7.35. The third kappa shape index (κ3) is 4.96. The Hall–Kier alpha value is -3.07. The molecule has 9 heteroatoms. The second kappa shape index (κ2) is 7.44. The Labute approximate surface area is 151 Å². The number of rotatable bonds is 5. The number of halogens is 3. The van der Waals surface area contributed by atoms with Gasteiger partial charge in [-0.05, 0) is 28.8 Å². The van der Waals surface area contributed by atoms with Crippen molar-refractivity contribution >= 4 is 28.5 Å². The van der Waals surface area contributed by atoms with Crippen molar-refractivity contribution in [1.29, 1.82) is 0 Å². The molecule has 0 aliphatic heterocycles. The molecule has 0 saturated carbocycles. The second-order valence-electron chi connectivity index (χ2n) is 5.14. The zero-order valence-corrected chi connectivity index (χ0v) is 14.0. The molecule has 0 atom stereocenters. The minimum atomic E-state index is -4.69. The van der Waals surface area contributed by atoms with Gasteiger partial charge in [-0.1, -0.05) is 36.4 Å². The topological polar surface area (TPSA) is 72.5 Å². The molecule has 2 aromatic carbocycles. The first kappa shape index (κ1) is 17.7. The fraction of sp³-hybridized carbons (Fsp3) is 0.0588. The molecule has 3 aromatic rings. The fourth-order valence-electron chi connectivity index (χ4n) is 2.11. The van der Waals surface area contributed by atoms with Gasteiger partial charge >= 0.3 is 6.36 Å². The standard InChI is InChI=1S/C17H13F3N4OS/c18-17(19,20)25-14-7-5-13(6-8-14)12-3-1-11(2-4-12)9-22-24-16-23-15(21)10-26-16/h1-10H,21H2,(H,23,24). The van der Waals surface area contributed by atoms with Crippen LogP contribution in [0.3, 0.4) is 0 Å². The number of anilines is 2. The number of alkyl halides is 3. The summed E-state index contributed by atoms with van der Waals surface area (Å²) in [5.74, 6) is 0.183. The Kier molecular flexibility index (Phi) is 5.08. The van der Waals surface area contributed by atoms with Crippen molar-refractivity contribution in [1.82, 2.24) is 4.98 Å². The third-order valence-corrected chi connectivity index (χ3v) is 3.99. The summed E-state index contributed by atoms with van der Waals surface area (Å²) in [5.41, 5.74) is 10.8. The summed E-state index contributed by atoms with van der Waals surface area (Å²) in [4.78, 5) is 4.02. The molecule has 26 heavy (non-hydrogen) atoms. The first-order valence-corrected chi connectivity index (χ1v) is 8.23. The number of nitrogen functional groups attached to an aromatic ring is 1. The van der Waals surface area contributed by atoms with Gasteiger partial charge in [0.15, 0.2) is 0 Å². The van der Waals surface area contributed by atoms with Gasteiger partial charge < -0.3 is 10.5 Å². The van der Waals surface area contributed by atoms with Gasteiger partial charge in [-0.3, -0.25) is 5.43 Å². The van der Waals surface area contributed by atoms with E-state index >= 15 is 0 Å². The monoisotopic (exact) mass is 378 g/mol. The molecule has 0 spiro atoms. The number of aromatic nitrogens is 1. The van der Waals surface area contributed by atoms with E-state index in [-0.39, 0.29) is 5.75 Å². The highest BCUT2D eigenvalue weighted by atomic mass is 32.1. The summed E-state index contributed by atoms with van der Waals surface area (Å²) in [6.45, 7) is 0. The molecule has 0 fully saturated rings. The van der Waals surface area contributed by atoms with Gasteiger partial charge in [-0.2, -0.15) is 5.10 Å². The minimum absolute atomic E-state index is 0.251. The lowest BCUT2D eigenvalue weighted by Crippen LogP contribution is -2.16. The van der Waals surface area contributed by atoms with Crippen molar-refractivity contribution in [2.75, 3.05) is 11.2 Å². The largest absolute Gasteiger partial charge is 0.573 e. The van der Waals surface area contributed by atoms with Crippen molar-refractivity contribution in [2.24, 2.45) is 5.10 Å². The number of hydrogen-bond donors (Lipinski definition) is 2. The lowest BCUT2D eigenvalue weighted by molar-refractivity contribution is -0.274. The minimum Gasteiger partial charge on any atom is -0.406 e. The highest BCUT2D eigenvalue weighted by Gasteiger charge is 2.30. The van der Waals surface area contributed by atoms with E-state index in [1.807, 2.05) is 24.3 Å². The van der Waals surface area contributed by atoms with Crippen LogP contribution in [0.1, 0.15) is 5.56 Å². The van der Waals surface area contributed by atoms with Crippen molar-refractivity contribution < 1.29 is 17.9 Å². The van der Waals surface area contributed by atoms with Crippen LogP contribution >= 0.6 is 11.3 Å². The number of ether oxygens (including phenoxy) is 1. The van der Waals surface area contributed by atoms with Crippen LogP contribution in [0, 0.1) is 0 Å². The zero-order valence-electron chi connectivity index (χ0n) is 13.2. The van der Waals surface area contributed by atoms with E-state index in [4.69, 9.17) is 5.73 Å². The average Bonchev–Trinajstić information content (AvgIpc) is 3.00. The van der Waals surface area contributed by atoms with E-state index < -0.39 is 6.36 Å². The van der Waals surface area contributed by atoms with Crippen LogP contribution < -0.4 is 15.9 Å². The molecule has 0 aliphatic carbocycles. The summed E-state index contributed by atoms with van der Waals surface area (Å²) >= 11 is 1.35. The lowest BCUT2D eigenvalue weighted by Gasteiger charge is -2.09.